The van der Waals surface area contributed by atoms with Crippen LogP contribution in [0, 0.1) is 0 Å². The van der Waals surface area contributed by atoms with Crippen LogP contribution in [0.1, 0.15) is 10.4 Å². The molecule has 9 nitrogen and oxygen atoms in total. The summed E-state index contributed by atoms with van der Waals surface area (Å²) in [5.41, 5.74) is 2.11. The van der Waals surface area contributed by atoms with Crippen LogP contribution in [0.15, 0.2) is 71.6 Å². The van der Waals surface area contributed by atoms with Gasteiger partial charge < -0.3 is 24.4 Å². The normalized spacial score (nSPS) is 15.1. The number of amides is 1. The average molecular weight is 482 g/mol. The van der Waals surface area contributed by atoms with Crippen LogP contribution >= 0.6 is 0 Å². The number of carbonyl (C=O) groups is 1. The van der Waals surface area contributed by atoms with E-state index in [2.05, 4.69) is 14.9 Å². The van der Waals surface area contributed by atoms with Crippen LogP contribution < -0.4 is 24.4 Å². The summed E-state index contributed by atoms with van der Waals surface area (Å²) in [6, 6.07) is 18.2. The molecule has 5 rings (SSSR count). The molecule has 1 fully saturated rings. The molecular formula is C24H23N3O6S. The Morgan fingerprint density at radius 3 is 2.53 bits per heavy atom. The first kappa shape index (κ1) is 22.1. The van der Waals surface area contributed by atoms with Gasteiger partial charge in [0.05, 0.1) is 35.2 Å². The molecule has 0 aliphatic carbocycles. The van der Waals surface area contributed by atoms with Crippen molar-refractivity contribution in [1.29, 1.82) is 0 Å². The molecule has 0 bridgehead atoms. The molecule has 1 saturated heterocycles. The van der Waals surface area contributed by atoms with Crippen LogP contribution in [0.2, 0.25) is 0 Å². The van der Waals surface area contributed by atoms with E-state index in [1.54, 1.807) is 24.3 Å². The molecule has 176 valence electrons. The number of para-hydroxylation sites is 2. The van der Waals surface area contributed by atoms with Crippen molar-refractivity contribution in [1.82, 2.24) is 0 Å². The van der Waals surface area contributed by atoms with Crippen molar-refractivity contribution in [3.05, 3.63) is 72.3 Å². The fourth-order valence-electron chi connectivity index (χ4n) is 3.83. The Hall–Kier alpha value is -3.76. The minimum atomic E-state index is -3.93. The molecule has 2 N–H and O–H groups in total. The number of hydrogen-bond donors (Lipinski definition) is 2. The van der Waals surface area contributed by atoms with Gasteiger partial charge in [0.15, 0.2) is 11.5 Å². The number of fused-ring (bicyclic) bond motifs is 1. The lowest BCUT2D eigenvalue weighted by molar-refractivity contribution is 0.102. The number of benzene rings is 3. The van der Waals surface area contributed by atoms with E-state index >= 15 is 0 Å². The maximum atomic E-state index is 13.0. The van der Waals surface area contributed by atoms with Crippen molar-refractivity contribution < 1.29 is 27.4 Å². The summed E-state index contributed by atoms with van der Waals surface area (Å²) in [6.45, 7) is 2.80. The van der Waals surface area contributed by atoms with Gasteiger partial charge in [-0.05, 0) is 42.5 Å². The highest BCUT2D eigenvalue weighted by molar-refractivity contribution is 7.92. The molecule has 0 unspecified atom stereocenters. The van der Waals surface area contributed by atoms with Gasteiger partial charge in [-0.1, -0.05) is 18.2 Å². The molecule has 34 heavy (non-hydrogen) atoms. The summed E-state index contributed by atoms with van der Waals surface area (Å²) in [4.78, 5) is 15.1. The molecule has 0 aromatic heterocycles. The number of nitrogens with zero attached hydrogens (tertiary/aromatic N) is 1. The average Bonchev–Trinajstić information content (AvgIpc) is 3.33. The second-order valence-corrected chi connectivity index (χ2v) is 9.45. The van der Waals surface area contributed by atoms with E-state index in [0.29, 0.717) is 36.1 Å². The van der Waals surface area contributed by atoms with Crippen molar-refractivity contribution in [3.63, 3.8) is 0 Å². The molecule has 0 spiro atoms. The summed E-state index contributed by atoms with van der Waals surface area (Å²) in [5.74, 6) is 0.618. The third-order valence-corrected chi connectivity index (χ3v) is 6.91. The predicted molar refractivity (Wildman–Crippen MR) is 127 cm³/mol. The molecule has 3 aromatic carbocycles. The second kappa shape index (κ2) is 9.24. The molecule has 0 atom stereocenters. The SMILES string of the molecule is O=C(Nc1ccccc1N1CCOCC1)c1cccc(S(=O)(=O)Nc2ccc3c(c2)OCO3)c1. The van der Waals surface area contributed by atoms with E-state index < -0.39 is 15.9 Å². The zero-order chi connectivity index (χ0) is 23.5. The van der Waals surface area contributed by atoms with Crippen LogP contribution in [-0.2, 0) is 14.8 Å². The molecule has 2 aliphatic heterocycles. The zero-order valence-electron chi connectivity index (χ0n) is 18.2. The lowest BCUT2D eigenvalue weighted by atomic mass is 10.2. The molecule has 10 heteroatoms. The highest BCUT2D eigenvalue weighted by atomic mass is 32.2. The smallest absolute Gasteiger partial charge is 0.261 e. The van der Waals surface area contributed by atoms with Gasteiger partial charge in [-0.25, -0.2) is 8.42 Å². The Labute approximate surface area is 197 Å². The molecule has 1 amide bonds. The van der Waals surface area contributed by atoms with Gasteiger partial charge in [0.1, 0.15) is 0 Å². The van der Waals surface area contributed by atoms with Gasteiger partial charge in [0.2, 0.25) is 6.79 Å². The first-order valence-corrected chi connectivity index (χ1v) is 12.2. The molecular weight excluding hydrogens is 458 g/mol. The number of ether oxygens (including phenoxy) is 3. The minimum absolute atomic E-state index is 0.0284. The lowest BCUT2D eigenvalue weighted by Gasteiger charge is -2.30. The van der Waals surface area contributed by atoms with Crippen molar-refractivity contribution in [2.75, 3.05) is 48.0 Å². The monoisotopic (exact) mass is 481 g/mol. The highest BCUT2D eigenvalue weighted by Gasteiger charge is 2.20. The van der Waals surface area contributed by atoms with Gasteiger partial charge in [0, 0.05) is 24.7 Å². The van der Waals surface area contributed by atoms with Crippen LogP contribution in [-0.4, -0.2) is 47.4 Å². The Balaban J connectivity index is 1.34. The fourth-order valence-corrected chi connectivity index (χ4v) is 4.93. The van der Waals surface area contributed by atoms with E-state index in [1.165, 1.54) is 18.2 Å². The summed E-state index contributed by atoms with van der Waals surface area (Å²) in [7, 11) is -3.93. The predicted octanol–water partition coefficient (Wildman–Crippen LogP) is 3.31. The molecule has 2 aliphatic rings. The highest BCUT2D eigenvalue weighted by Crippen LogP contribution is 2.35. The molecule has 3 aromatic rings. The van der Waals surface area contributed by atoms with E-state index in [1.807, 2.05) is 24.3 Å². The summed E-state index contributed by atoms with van der Waals surface area (Å²) >= 11 is 0. The molecule has 0 saturated carbocycles. The largest absolute Gasteiger partial charge is 0.454 e. The standard InChI is InChI=1S/C24H23N3O6S/c28-24(25-20-6-1-2-7-21(20)27-10-12-31-13-11-27)17-4-3-5-19(14-17)34(29,30)26-18-8-9-22-23(15-18)33-16-32-22/h1-9,14-15,26H,10-13,16H2,(H,25,28). The third-order valence-electron chi connectivity index (χ3n) is 5.54. The van der Waals surface area contributed by atoms with Crippen molar-refractivity contribution >= 4 is 33.0 Å². The number of sulfonamides is 1. The van der Waals surface area contributed by atoms with Crippen molar-refractivity contribution in [3.8, 4) is 11.5 Å². The van der Waals surface area contributed by atoms with Gasteiger partial charge in [-0.15, -0.1) is 0 Å². The zero-order valence-corrected chi connectivity index (χ0v) is 19.0. The van der Waals surface area contributed by atoms with E-state index in [0.717, 1.165) is 18.8 Å². The molecule has 0 radical (unpaired) electrons. The number of nitrogens with one attached hydrogen (secondary N) is 2. The van der Waals surface area contributed by atoms with Crippen molar-refractivity contribution in [2.24, 2.45) is 0 Å². The van der Waals surface area contributed by atoms with Crippen LogP contribution in [0.4, 0.5) is 17.1 Å². The van der Waals surface area contributed by atoms with Gasteiger partial charge in [-0.3, -0.25) is 9.52 Å². The summed E-state index contributed by atoms with van der Waals surface area (Å²) < 4.78 is 44.4. The first-order valence-electron chi connectivity index (χ1n) is 10.8. The van der Waals surface area contributed by atoms with E-state index in [-0.39, 0.29) is 17.3 Å². The Bertz CT molecular complexity index is 1320. The van der Waals surface area contributed by atoms with Crippen LogP contribution in [0.25, 0.3) is 0 Å². The summed E-state index contributed by atoms with van der Waals surface area (Å²) in [5, 5.41) is 2.91. The Morgan fingerprint density at radius 2 is 1.68 bits per heavy atom. The first-order chi connectivity index (χ1) is 16.5. The fraction of sp³-hybridized carbons (Fsp3) is 0.208. The summed E-state index contributed by atoms with van der Waals surface area (Å²) in [6.07, 6.45) is 0. The third kappa shape index (κ3) is 4.63. The van der Waals surface area contributed by atoms with Gasteiger partial charge in [0.25, 0.3) is 15.9 Å². The quantitative estimate of drug-likeness (QED) is 0.556. The van der Waals surface area contributed by atoms with Crippen LogP contribution in [0.3, 0.4) is 0 Å². The maximum Gasteiger partial charge on any atom is 0.261 e. The Kier molecular flexibility index (Phi) is 5.99. The van der Waals surface area contributed by atoms with E-state index in [4.69, 9.17) is 14.2 Å². The Morgan fingerprint density at radius 1 is 0.882 bits per heavy atom. The number of hydrogen-bond acceptors (Lipinski definition) is 7. The van der Waals surface area contributed by atoms with E-state index in [9.17, 15) is 13.2 Å². The van der Waals surface area contributed by atoms with Crippen molar-refractivity contribution in [2.45, 2.75) is 4.90 Å². The minimum Gasteiger partial charge on any atom is -0.454 e. The number of carbonyl (C=O) groups excluding carboxylic acids is 1. The molecule has 2 heterocycles. The number of rotatable bonds is 6. The second-order valence-electron chi connectivity index (χ2n) is 7.77. The van der Waals surface area contributed by atoms with Crippen LogP contribution in [0.5, 0.6) is 11.5 Å². The lowest BCUT2D eigenvalue weighted by Crippen LogP contribution is -2.36. The number of morpholine rings is 1. The van der Waals surface area contributed by atoms with Gasteiger partial charge in [-0.2, -0.15) is 0 Å². The maximum absolute atomic E-state index is 13.0. The van der Waals surface area contributed by atoms with Gasteiger partial charge >= 0.3 is 0 Å². The number of anilines is 3. The topological polar surface area (TPSA) is 106 Å².